The van der Waals surface area contributed by atoms with Gasteiger partial charge < -0.3 is 14.4 Å². The second-order valence-electron chi connectivity index (χ2n) is 10.5. The van der Waals surface area contributed by atoms with Crippen molar-refractivity contribution in [3.05, 3.63) is 46.7 Å². The van der Waals surface area contributed by atoms with E-state index in [0.29, 0.717) is 48.4 Å². The van der Waals surface area contributed by atoms with Gasteiger partial charge in [-0.2, -0.15) is 9.97 Å². The van der Waals surface area contributed by atoms with Gasteiger partial charge in [0.05, 0.1) is 25.5 Å². The summed E-state index contributed by atoms with van der Waals surface area (Å²) >= 11 is 0. The Bertz CT molecular complexity index is 1230. The van der Waals surface area contributed by atoms with Crippen molar-refractivity contribution < 1.29 is 14.2 Å². The third kappa shape index (κ3) is 4.96. The number of halogens is 1. The number of rotatable bonds is 10. The van der Waals surface area contributed by atoms with Crippen molar-refractivity contribution in [2.24, 2.45) is 5.92 Å². The van der Waals surface area contributed by atoms with Crippen LogP contribution in [0.3, 0.4) is 0 Å². The molecule has 0 unspecified atom stereocenters. The van der Waals surface area contributed by atoms with Gasteiger partial charge >= 0.3 is 6.01 Å². The number of hydrogen-bond donors (Lipinski definition) is 1. The summed E-state index contributed by atoms with van der Waals surface area (Å²) in [6.07, 6.45) is 1.90. The van der Waals surface area contributed by atoms with Gasteiger partial charge in [-0.05, 0) is 37.8 Å². The zero-order valence-corrected chi connectivity index (χ0v) is 21.7. The average Bonchev–Trinajstić information content (AvgIpc) is 3.49. The standard InChI is InChI=1S/C27H37FN6O2/c1-5-36-27-29-18(4)25-26(31-27)34(24(30-25)10-17(2)3)14-20-7-6-19(11-23(20)28)13-33-16-21-12-22(33)15-32(21)8-9-35/h6-7,11,17,21-22,35H,5,8-10,12-16H2,1-4H3/t21-,22-/m1/s1. The maximum Gasteiger partial charge on any atom is 0.318 e. The minimum absolute atomic E-state index is 0.202. The highest BCUT2D eigenvalue weighted by atomic mass is 19.1. The molecule has 2 aliphatic rings. The van der Waals surface area contributed by atoms with E-state index in [9.17, 15) is 5.11 Å². The van der Waals surface area contributed by atoms with Crippen LogP contribution in [0, 0.1) is 18.7 Å². The molecule has 36 heavy (non-hydrogen) atoms. The normalized spacial score (nSPS) is 20.3. The highest BCUT2D eigenvalue weighted by molar-refractivity contribution is 5.74. The third-order valence-electron chi connectivity index (χ3n) is 7.38. The highest BCUT2D eigenvalue weighted by Crippen LogP contribution is 2.32. The first kappa shape index (κ1) is 25.0. The van der Waals surface area contributed by atoms with E-state index in [2.05, 4.69) is 33.6 Å². The van der Waals surface area contributed by atoms with Crippen molar-refractivity contribution in [2.75, 3.05) is 32.8 Å². The van der Waals surface area contributed by atoms with Crippen LogP contribution in [0.1, 0.15) is 49.8 Å². The monoisotopic (exact) mass is 496 g/mol. The average molecular weight is 497 g/mol. The lowest BCUT2D eigenvalue weighted by Gasteiger charge is -2.33. The molecule has 9 heteroatoms. The molecule has 2 aromatic heterocycles. The maximum absolute atomic E-state index is 15.4. The number of nitrogens with zero attached hydrogens (tertiary/aromatic N) is 6. The fourth-order valence-electron chi connectivity index (χ4n) is 5.69. The Hall–Kier alpha value is -2.62. The summed E-state index contributed by atoms with van der Waals surface area (Å²) in [6, 6.07) is 6.95. The Balaban J connectivity index is 1.37. The van der Waals surface area contributed by atoms with Crippen LogP contribution in [-0.4, -0.2) is 79.4 Å². The largest absolute Gasteiger partial charge is 0.464 e. The van der Waals surface area contributed by atoms with Crippen LogP contribution in [0.15, 0.2) is 18.2 Å². The molecule has 2 fully saturated rings. The second-order valence-corrected chi connectivity index (χ2v) is 10.5. The second kappa shape index (κ2) is 10.4. The predicted octanol–water partition coefficient (Wildman–Crippen LogP) is 3.17. The van der Waals surface area contributed by atoms with Gasteiger partial charge in [0.25, 0.3) is 0 Å². The third-order valence-corrected chi connectivity index (χ3v) is 7.38. The van der Waals surface area contributed by atoms with Gasteiger partial charge in [0.2, 0.25) is 0 Å². The molecule has 0 radical (unpaired) electrons. The number of β-amino-alcohol motifs (C(OH)–C–C–N with tert-alkyl or cyclic N) is 1. The van der Waals surface area contributed by atoms with Gasteiger partial charge in [0, 0.05) is 50.2 Å². The molecule has 0 spiro atoms. The van der Waals surface area contributed by atoms with Crippen molar-refractivity contribution in [1.82, 2.24) is 29.3 Å². The Labute approximate surface area is 212 Å². The molecule has 8 nitrogen and oxygen atoms in total. The Kier molecular flexibility index (Phi) is 7.23. The SMILES string of the molecule is CCOc1nc(C)c2nc(CC(C)C)n(Cc3ccc(CN4C[C@H]5C[C@@H]4CN5CCO)cc3F)c2n1. The molecular formula is C27H37FN6O2. The molecule has 0 amide bonds. The summed E-state index contributed by atoms with van der Waals surface area (Å²) in [5.74, 6) is 1.08. The Morgan fingerprint density at radius 2 is 1.89 bits per heavy atom. The first-order valence-corrected chi connectivity index (χ1v) is 13.1. The first-order valence-electron chi connectivity index (χ1n) is 13.1. The number of fused-ring (bicyclic) bond motifs is 3. The topological polar surface area (TPSA) is 79.5 Å². The van der Waals surface area contributed by atoms with Gasteiger partial charge in [-0.25, -0.2) is 9.37 Å². The number of piperazine rings is 1. The van der Waals surface area contributed by atoms with E-state index < -0.39 is 0 Å². The van der Waals surface area contributed by atoms with Crippen LogP contribution >= 0.6 is 0 Å². The molecule has 0 saturated carbocycles. The molecule has 2 saturated heterocycles. The highest BCUT2D eigenvalue weighted by Gasteiger charge is 2.42. The summed E-state index contributed by atoms with van der Waals surface area (Å²) in [5.41, 5.74) is 3.80. The number of benzene rings is 1. The maximum atomic E-state index is 15.4. The summed E-state index contributed by atoms with van der Waals surface area (Å²) in [4.78, 5) is 18.7. The van der Waals surface area contributed by atoms with E-state index in [4.69, 9.17) is 9.72 Å². The zero-order chi connectivity index (χ0) is 25.4. The quantitative estimate of drug-likeness (QED) is 0.462. The molecule has 2 aliphatic heterocycles. The summed E-state index contributed by atoms with van der Waals surface area (Å²) < 4.78 is 23.0. The lowest BCUT2D eigenvalue weighted by atomic mass is 10.1. The Morgan fingerprint density at radius 1 is 1.11 bits per heavy atom. The lowest BCUT2D eigenvalue weighted by molar-refractivity contribution is 0.105. The molecule has 2 bridgehead atoms. The minimum Gasteiger partial charge on any atom is -0.464 e. The molecule has 0 aliphatic carbocycles. The van der Waals surface area contributed by atoms with E-state index in [0.717, 1.165) is 61.6 Å². The Morgan fingerprint density at radius 3 is 2.56 bits per heavy atom. The van der Waals surface area contributed by atoms with Crippen molar-refractivity contribution >= 4 is 11.2 Å². The number of imidazole rings is 1. The number of likely N-dealkylation sites (tertiary alicyclic amines) is 2. The van der Waals surface area contributed by atoms with Gasteiger partial charge in [-0.3, -0.25) is 9.80 Å². The van der Waals surface area contributed by atoms with Crippen molar-refractivity contribution in [1.29, 1.82) is 0 Å². The minimum atomic E-state index is -0.202. The molecule has 194 valence electrons. The van der Waals surface area contributed by atoms with Gasteiger partial charge in [-0.1, -0.05) is 26.0 Å². The van der Waals surface area contributed by atoms with Crippen LogP contribution in [0.2, 0.25) is 0 Å². The molecule has 3 aromatic rings. The lowest BCUT2D eigenvalue weighted by Crippen LogP contribution is -2.46. The number of aryl methyl sites for hydroxylation is 1. The molecule has 1 aromatic carbocycles. The predicted molar refractivity (Wildman–Crippen MR) is 137 cm³/mol. The zero-order valence-electron chi connectivity index (χ0n) is 21.7. The number of aromatic nitrogens is 4. The molecule has 4 heterocycles. The van der Waals surface area contributed by atoms with Crippen molar-refractivity contribution in [3.8, 4) is 6.01 Å². The molecular weight excluding hydrogens is 459 g/mol. The van der Waals surface area contributed by atoms with Crippen LogP contribution in [0.4, 0.5) is 4.39 Å². The van der Waals surface area contributed by atoms with E-state index in [1.807, 2.05) is 30.5 Å². The summed E-state index contributed by atoms with van der Waals surface area (Å²) in [6.45, 7) is 12.6. The first-order chi connectivity index (χ1) is 17.4. The van der Waals surface area contributed by atoms with E-state index in [-0.39, 0.29) is 12.4 Å². The molecule has 5 rings (SSSR count). The smallest absolute Gasteiger partial charge is 0.318 e. The van der Waals surface area contributed by atoms with Crippen molar-refractivity contribution in [3.63, 3.8) is 0 Å². The summed E-state index contributed by atoms with van der Waals surface area (Å²) in [5, 5.41) is 9.26. The number of aliphatic hydroxyl groups excluding tert-OH is 1. The number of hydrogen-bond acceptors (Lipinski definition) is 7. The fourth-order valence-corrected chi connectivity index (χ4v) is 5.69. The van der Waals surface area contributed by atoms with Gasteiger partial charge in [0.1, 0.15) is 17.2 Å². The van der Waals surface area contributed by atoms with Gasteiger partial charge in [-0.15, -0.1) is 0 Å². The van der Waals surface area contributed by atoms with Crippen LogP contribution in [-0.2, 0) is 19.5 Å². The number of aliphatic hydroxyl groups is 1. The number of ether oxygens (including phenoxy) is 1. The fraction of sp³-hybridized carbons (Fsp3) is 0.593. The van der Waals surface area contributed by atoms with Crippen LogP contribution in [0.25, 0.3) is 11.2 Å². The molecule has 2 atom stereocenters. The van der Waals surface area contributed by atoms with Crippen LogP contribution in [0.5, 0.6) is 6.01 Å². The van der Waals surface area contributed by atoms with E-state index in [1.165, 1.54) is 0 Å². The van der Waals surface area contributed by atoms with Crippen molar-refractivity contribution in [2.45, 2.75) is 65.7 Å². The summed E-state index contributed by atoms with van der Waals surface area (Å²) in [7, 11) is 0. The van der Waals surface area contributed by atoms with Gasteiger partial charge in [0.15, 0.2) is 5.65 Å². The van der Waals surface area contributed by atoms with E-state index in [1.54, 1.807) is 6.07 Å². The van der Waals surface area contributed by atoms with E-state index >= 15 is 4.39 Å². The molecule has 1 N–H and O–H groups in total. The van der Waals surface area contributed by atoms with Crippen LogP contribution < -0.4 is 4.74 Å².